The number of benzene rings is 2. The van der Waals surface area contributed by atoms with Crippen LogP contribution < -0.4 is 14.8 Å². The van der Waals surface area contributed by atoms with Gasteiger partial charge in [0.15, 0.2) is 11.5 Å². The molecular formula is C19H21ClN2O5S. The zero-order valence-electron chi connectivity index (χ0n) is 15.6. The van der Waals surface area contributed by atoms with Crippen LogP contribution in [0.25, 0.3) is 0 Å². The van der Waals surface area contributed by atoms with Crippen LogP contribution >= 0.6 is 11.6 Å². The standard InChI is InChI=1S/C19H21ClN2O5S/c1-13-4-5-14(10-16(13)20)21-19(23)12-22(2)28(24,25)15-6-7-17-18(11-15)27-9-3-8-26-17/h4-7,10-11H,3,8-9,12H2,1-2H3,(H,21,23). The first-order valence-electron chi connectivity index (χ1n) is 8.69. The van der Waals surface area contributed by atoms with Crippen LogP contribution in [0.4, 0.5) is 5.69 Å². The number of carbonyl (C=O) groups excluding carboxylic acids is 1. The van der Waals surface area contributed by atoms with E-state index in [1.165, 1.54) is 19.2 Å². The Morgan fingerprint density at radius 1 is 1.14 bits per heavy atom. The summed E-state index contributed by atoms with van der Waals surface area (Å²) >= 11 is 6.05. The summed E-state index contributed by atoms with van der Waals surface area (Å²) in [6, 6.07) is 9.53. The first-order valence-corrected chi connectivity index (χ1v) is 10.5. The molecule has 1 aliphatic rings. The fraction of sp³-hybridized carbons (Fsp3) is 0.316. The van der Waals surface area contributed by atoms with E-state index in [-0.39, 0.29) is 11.4 Å². The Balaban J connectivity index is 1.72. The van der Waals surface area contributed by atoms with Gasteiger partial charge in [-0.1, -0.05) is 17.7 Å². The maximum absolute atomic E-state index is 12.8. The average Bonchev–Trinajstić information content (AvgIpc) is 2.89. The van der Waals surface area contributed by atoms with Crippen molar-refractivity contribution in [1.29, 1.82) is 0 Å². The quantitative estimate of drug-likeness (QED) is 0.797. The van der Waals surface area contributed by atoms with Gasteiger partial charge in [-0.3, -0.25) is 4.79 Å². The summed E-state index contributed by atoms with van der Waals surface area (Å²) in [6.07, 6.45) is 0.722. The number of likely N-dealkylation sites (N-methyl/N-ethyl adjacent to an activating group) is 1. The molecule has 2 aromatic carbocycles. The molecule has 0 saturated carbocycles. The molecule has 0 spiro atoms. The van der Waals surface area contributed by atoms with Crippen molar-refractivity contribution in [3.63, 3.8) is 0 Å². The van der Waals surface area contributed by atoms with Gasteiger partial charge in [-0.25, -0.2) is 8.42 Å². The van der Waals surface area contributed by atoms with Gasteiger partial charge in [-0.05, 0) is 36.8 Å². The number of amides is 1. The van der Waals surface area contributed by atoms with E-state index in [1.807, 2.05) is 6.92 Å². The van der Waals surface area contributed by atoms with Gasteiger partial charge in [0.1, 0.15) is 0 Å². The second-order valence-corrected chi connectivity index (χ2v) is 8.88. The van der Waals surface area contributed by atoms with Crippen molar-refractivity contribution in [1.82, 2.24) is 4.31 Å². The van der Waals surface area contributed by atoms with Crippen LogP contribution in [0.5, 0.6) is 11.5 Å². The molecule has 0 saturated heterocycles. The second-order valence-electron chi connectivity index (χ2n) is 6.43. The highest BCUT2D eigenvalue weighted by molar-refractivity contribution is 7.89. The zero-order valence-corrected chi connectivity index (χ0v) is 17.1. The lowest BCUT2D eigenvalue weighted by Gasteiger charge is -2.18. The SMILES string of the molecule is Cc1ccc(NC(=O)CN(C)S(=O)(=O)c2ccc3c(c2)OCCCO3)cc1Cl. The van der Waals surface area contributed by atoms with E-state index in [4.69, 9.17) is 21.1 Å². The fourth-order valence-electron chi connectivity index (χ4n) is 2.64. The number of aryl methyl sites for hydroxylation is 1. The van der Waals surface area contributed by atoms with Gasteiger partial charge in [-0.2, -0.15) is 4.31 Å². The molecule has 7 nitrogen and oxygen atoms in total. The number of hydrogen-bond donors (Lipinski definition) is 1. The normalized spacial score (nSPS) is 13.9. The fourth-order valence-corrected chi connectivity index (χ4v) is 3.97. The predicted molar refractivity (Wildman–Crippen MR) is 107 cm³/mol. The highest BCUT2D eigenvalue weighted by Crippen LogP contribution is 2.32. The lowest BCUT2D eigenvalue weighted by molar-refractivity contribution is -0.116. The minimum absolute atomic E-state index is 0.0328. The molecule has 0 unspecified atom stereocenters. The van der Waals surface area contributed by atoms with E-state index in [2.05, 4.69) is 5.32 Å². The smallest absolute Gasteiger partial charge is 0.243 e. The van der Waals surface area contributed by atoms with Crippen molar-refractivity contribution >= 4 is 33.2 Å². The molecule has 2 aromatic rings. The Labute approximate surface area is 169 Å². The molecule has 9 heteroatoms. The zero-order chi connectivity index (χ0) is 20.3. The summed E-state index contributed by atoms with van der Waals surface area (Å²) in [5.74, 6) is 0.416. The van der Waals surface area contributed by atoms with Gasteiger partial charge in [-0.15, -0.1) is 0 Å². The number of rotatable bonds is 5. The Kier molecular flexibility index (Phi) is 6.12. The first kappa shape index (κ1) is 20.4. The molecule has 0 aromatic heterocycles. The van der Waals surface area contributed by atoms with E-state index in [1.54, 1.807) is 24.3 Å². The number of sulfonamides is 1. The third kappa shape index (κ3) is 4.57. The number of halogens is 1. The third-order valence-corrected chi connectivity index (χ3v) is 6.46. The largest absolute Gasteiger partial charge is 0.490 e. The van der Waals surface area contributed by atoms with E-state index in [0.717, 1.165) is 16.3 Å². The van der Waals surface area contributed by atoms with Crippen LogP contribution in [0, 0.1) is 6.92 Å². The van der Waals surface area contributed by atoms with Crippen molar-refractivity contribution < 1.29 is 22.7 Å². The number of nitrogens with zero attached hydrogens (tertiary/aromatic N) is 1. The lowest BCUT2D eigenvalue weighted by Crippen LogP contribution is -2.35. The second kappa shape index (κ2) is 8.38. The average molecular weight is 425 g/mol. The summed E-state index contributed by atoms with van der Waals surface area (Å²) < 4.78 is 37.7. The summed E-state index contributed by atoms with van der Waals surface area (Å²) in [4.78, 5) is 12.3. The highest BCUT2D eigenvalue weighted by Gasteiger charge is 2.25. The van der Waals surface area contributed by atoms with Gasteiger partial charge in [0.2, 0.25) is 15.9 Å². The minimum atomic E-state index is -3.88. The Morgan fingerprint density at radius 2 is 1.86 bits per heavy atom. The molecule has 3 rings (SSSR count). The Bertz CT molecular complexity index is 994. The molecule has 0 atom stereocenters. The molecule has 1 aliphatic heterocycles. The van der Waals surface area contributed by atoms with Crippen LogP contribution in [-0.4, -0.2) is 45.4 Å². The summed E-state index contributed by atoms with van der Waals surface area (Å²) in [7, 11) is -2.53. The predicted octanol–water partition coefficient (Wildman–Crippen LogP) is 3.07. The number of fused-ring (bicyclic) bond motifs is 1. The minimum Gasteiger partial charge on any atom is -0.490 e. The number of hydrogen-bond acceptors (Lipinski definition) is 5. The molecule has 0 radical (unpaired) electrons. The molecule has 1 N–H and O–H groups in total. The molecule has 1 amide bonds. The van der Waals surface area contributed by atoms with Crippen LogP contribution in [0.2, 0.25) is 5.02 Å². The molecule has 28 heavy (non-hydrogen) atoms. The Hall–Kier alpha value is -2.29. The molecule has 0 aliphatic carbocycles. The molecule has 0 bridgehead atoms. The number of nitrogens with one attached hydrogen (secondary N) is 1. The summed E-state index contributed by atoms with van der Waals surface area (Å²) in [5.41, 5.74) is 1.38. The van der Waals surface area contributed by atoms with Crippen molar-refractivity contribution in [3.05, 3.63) is 47.0 Å². The topological polar surface area (TPSA) is 84.9 Å². The maximum atomic E-state index is 12.8. The van der Waals surface area contributed by atoms with E-state index in [0.29, 0.717) is 35.4 Å². The van der Waals surface area contributed by atoms with Gasteiger partial charge in [0, 0.05) is 30.2 Å². The highest BCUT2D eigenvalue weighted by atomic mass is 35.5. The third-order valence-electron chi connectivity index (χ3n) is 4.25. The van der Waals surface area contributed by atoms with E-state index in [9.17, 15) is 13.2 Å². The van der Waals surface area contributed by atoms with Crippen LogP contribution in [0.1, 0.15) is 12.0 Å². The van der Waals surface area contributed by atoms with Gasteiger partial charge in [0.25, 0.3) is 0 Å². The van der Waals surface area contributed by atoms with Gasteiger partial charge >= 0.3 is 0 Å². The van der Waals surface area contributed by atoms with Crippen molar-refractivity contribution in [3.8, 4) is 11.5 Å². The summed E-state index contributed by atoms with van der Waals surface area (Å²) in [6.45, 7) is 2.47. The summed E-state index contributed by atoms with van der Waals surface area (Å²) in [5, 5.41) is 3.17. The van der Waals surface area contributed by atoms with Crippen LogP contribution in [-0.2, 0) is 14.8 Å². The maximum Gasteiger partial charge on any atom is 0.243 e. The van der Waals surface area contributed by atoms with Gasteiger partial charge < -0.3 is 14.8 Å². The monoisotopic (exact) mass is 424 g/mol. The van der Waals surface area contributed by atoms with Crippen LogP contribution in [0.15, 0.2) is 41.3 Å². The van der Waals surface area contributed by atoms with Crippen LogP contribution in [0.3, 0.4) is 0 Å². The molecule has 150 valence electrons. The van der Waals surface area contributed by atoms with E-state index < -0.39 is 15.9 Å². The number of ether oxygens (including phenoxy) is 2. The molecule has 1 heterocycles. The molecule has 0 fully saturated rings. The lowest BCUT2D eigenvalue weighted by atomic mass is 10.2. The molecular weight excluding hydrogens is 404 g/mol. The van der Waals surface area contributed by atoms with E-state index >= 15 is 0 Å². The number of carbonyl (C=O) groups is 1. The van der Waals surface area contributed by atoms with Crippen molar-refractivity contribution in [2.45, 2.75) is 18.2 Å². The van der Waals surface area contributed by atoms with Gasteiger partial charge in [0.05, 0.1) is 24.7 Å². The number of anilines is 1. The Morgan fingerprint density at radius 3 is 2.57 bits per heavy atom. The first-order chi connectivity index (χ1) is 13.3. The van der Waals surface area contributed by atoms with Crippen molar-refractivity contribution in [2.24, 2.45) is 0 Å². The van der Waals surface area contributed by atoms with Crippen molar-refractivity contribution in [2.75, 3.05) is 32.1 Å².